The molecule has 0 aliphatic heterocycles. The number of ether oxygens (including phenoxy) is 1. The van der Waals surface area contributed by atoms with Crippen molar-refractivity contribution in [3.8, 4) is 5.75 Å². The molecule has 27 heavy (non-hydrogen) atoms. The molecule has 0 heterocycles. The highest BCUT2D eigenvalue weighted by molar-refractivity contribution is 7.95. The second-order valence-corrected chi connectivity index (χ2v) is 10.0. The highest BCUT2D eigenvalue weighted by Gasteiger charge is 2.28. The second-order valence-electron chi connectivity index (χ2n) is 6.12. The quantitative estimate of drug-likeness (QED) is 0.664. The van der Waals surface area contributed by atoms with Crippen molar-refractivity contribution in [2.45, 2.75) is 23.1 Å². The van der Waals surface area contributed by atoms with Crippen LogP contribution in [0, 0.1) is 6.92 Å². The minimum Gasteiger partial charge on any atom is -0.493 e. The standard InChI is InChI=1S/C18H23NO6S2/c1-14-11-15(13-16(12-14)25-10-6-9-20)19(2)27(23,24)18-8-5-4-7-17(18)26(3,21)22/h4-5,7-8,11-13,20H,6,9-10H2,1-3H3. The second kappa shape index (κ2) is 8.28. The van der Waals surface area contributed by atoms with Gasteiger partial charge in [-0.3, -0.25) is 4.31 Å². The Balaban J connectivity index is 2.47. The first-order valence-corrected chi connectivity index (χ1v) is 11.5. The summed E-state index contributed by atoms with van der Waals surface area (Å²) in [6, 6.07) is 10.5. The van der Waals surface area contributed by atoms with Gasteiger partial charge in [0.1, 0.15) is 10.6 Å². The lowest BCUT2D eigenvalue weighted by atomic mass is 10.2. The molecule has 0 radical (unpaired) electrons. The van der Waals surface area contributed by atoms with Crippen LogP contribution in [0.5, 0.6) is 5.75 Å². The van der Waals surface area contributed by atoms with E-state index in [4.69, 9.17) is 9.84 Å². The van der Waals surface area contributed by atoms with Crippen molar-refractivity contribution in [2.24, 2.45) is 0 Å². The van der Waals surface area contributed by atoms with E-state index in [0.29, 0.717) is 24.5 Å². The lowest BCUT2D eigenvalue weighted by Crippen LogP contribution is -2.28. The Labute approximate surface area is 160 Å². The Morgan fingerprint density at radius 3 is 2.26 bits per heavy atom. The Bertz CT molecular complexity index is 1020. The number of sulfonamides is 1. The van der Waals surface area contributed by atoms with E-state index < -0.39 is 19.9 Å². The van der Waals surface area contributed by atoms with Crippen LogP contribution < -0.4 is 9.04 Å². The van der Waals surface area contributed by atoms with Gasteiger partial charge in [0.2, 0.25) is 0 Å². The van der Waals surface area contributed by atoms with Gasteiger partial charge in [0.05, 0.1) is 17.2 Å². The maximum Gasteiger partial charge on any atom is 0.265 e. The van der Waals surface area contributed by atoms with Crippen LogP contribution in [0.3, 0.4) is 0 Å². The zero-order valence-corrected chi connectivity index (χ0v) is 17.0. The zero-order chi connectivity index (χ0) is 20.2. The molecule has 0 aliphatic carbocycles. The number of aliphatic hydroxyl groups excluding tert-OH is 1. The smallest absolute Gasteiger partial charge is 0.265 e. The molecular formula is C18H23NO6S2. The van der Waals surface area contributed by atoms with Crippen molar-refractivity contribution >= 4 is 25.5 Å². The van der Waals surface area contributed by atoms with Crippen molar-refractivity contribution in [2.75, 3.05) is 30.8 Å². The van der Waals surface area contributed by atoms with E-state index in [1.807, 2.05) is 0 Å². The summed E-state index contributed by atoms with van der Waals surface area (Å²) in [7, 11) is -6.46. The van der Waals surface area contributed by atoms with Crippen LogP contribution >= 0.6 is 0 Å². The predicted octanol–water partition coefficient (Wildman–Crippen LogP) is 1.98. The predicted molar refractivity (Wildman–Crippen MR) is 104 cm³/mol. The average molecular weight is 414 g/mol. The minimum atomic E-state index is -4.11. The number of hydrogen-bond acceptors (Lipinski definition) is 6. The number of aliphatic hydroxyl groups is 1. The first-order chi connectivity index (χ1) is 12.6. The van der Waals surface area contributed by atoms with E-state index in [9.17, 15) is 16.8 Å². The molecule has 0 unspecified atom stereocenters. The summed E-state index contributed by atoms with van der Waals surface area (Å²) >= 11 is 0. The van der Waals surface area contributed by atoms with Crippen LogP contribution in [0.1, 0.15) is 12.0 Å². The number of nitrogens with zero attached hydrogens (tertiary/aromatic N) is 1. The number of benzene rings is 2. The lowest BCUT2D eigenvalue weighted by molar-refractivity contribution is 0.233. The van der Waals surface area contributed by atoms with Gasteiger partial charge in [-0.05, 0) is 36.8 Å². The molecule has 0 fully saturated rings. The van der Waals surface area contributed by atoms with Crippen molar-refractivity contribution in [3.63, 3.8) is 0 Å². The number of aryl methyl sites for hydroxylation is 1. The summed E-state index contributed by atoms with van der Waals surface area (Å²) in [6.07, 6.45) is 1.43. The fourth-order valence-corrected chi connectivity index (χ4v) is 5.28. The van der Waals surface area contributed by atoms with Gasteiger partial charge in [0.15, 0.2) is 9.84 Å². The molecule has 9 heteroatoms. The largest absolute Gasteiger partial charge is 0.493 e. The van der Waals surface area contributed by atoms with Gasteiger partial charge in [0, 0.05) is 32.4 Å². The van der Waals surface area contributed by atoms with Crippen LogP contribution in [-0.2, 0) is 19.9 Å². The molecule has 0 spiro atoms. The normalized spacial score (nSPS) is 12.0. The molecule has 2 aromatic rings. The van der Waals surface area contributed by atoms with Crippen LogP contribution in [0.2, 0.25) is 0 Å². The highest BCUT2D eigenvalue weighted by atomic mass is 32.2. The third-order valence-corrected chi connectivity index (χ3v) is 6.99. The van der Waals surface area contributed by atoms with Crippen LogP contribution in [0.15, 0.2) is 52.3 Å². The fraction of sp³-hybridized carbons (Fsp3) is 0.333. The molecule has 2 rings (SSSR count). The van der Waals surface area contributed by atoms with E-state index in [2.05, 4.69) is 0 Å². The Kier molecular flexibility index (Phi) is 6.50. The van der Waals surface area contributed by atoms with Crippen LogP contribution in [-0.4, -0.2) is 48.5 Å². The van der Waals surface area contributed by atoms with Crippen molar-refractivity contribution in [1.82, 2.24) is 0 Å². The Morgan fingerprint density at radius 1 is 1.04 bits per heavy atom. The third kappa shape index (κ3) is 5.00. The molecule has 148 valence electrons. The number of rotatable bonds is 8. The molecule has 7 nitrogen and oxygen atoms in total. The topological polar surface area (TPSA) is 101 Å². The maximum atomic E-state index is 13.1. The van der Waals surface area contributed by atoms with Gasteiger partial charge in [0.25, 0.3) is 10.0 Å². The molecule has 2 aromatic carbocycles. The fourth-order valence-electron chi connectivity index (χ4n) is 2.50. The van der Waals surface area contributed by atoms with Gasteiger partial charge >= 0.3 is 0 Å². The van der Waals surface area contributed by atoms with E-state index in [0.717, 1.165) is 16.1 Å². The first-order valence-electron chi connectivity index (χ1n) is 8.20. The first kappa shape index (κ1) is 21.2. The Morgan fingerprint density at radius 2 is 1.67 bits per heavy atom. The van der Waals surface area contributed by atoms with Crippen molar-refractivity contribution in [1.29, 1.82) is 0 Å². The van der Waals surface area contributed by atoms with Gasteiger partial charge in [-0.2, -0.15) is 0 Å². The molecular weight excluding hydrogens is 390 g/mol. The van der Waals surface area contributed by atoms with Gasteiger partial charge in [-0.15, -0.1) is 0 Å². The lowest BCUT2D eigenvalue weighted by Gasteiger charge is -2.22. The number of sulfone groups is 1. The molecule has 0 atom stereocenters. The summed E-state index contributed by atoms with van der Waals surface area (Å²) in [6.45, 7) is 2.09. The third-order valence-electron chi connectivity index (χ3n) is 3.86. The molecule has 0 bridgehead atoms. The summed E-state index contributed by atoms with van der Waals surface area (Å²) < 4.78 is 56.7. The van der Waals surface area contributed by atoms with E-state index in [1.165, 1.54) is 31.3 Å². The molecule has 0 saturated carbocycles. The molecule has 0 aromatic heterocycles. The minimum absolute atomic E-state index is 0.00473. The molecule has 0 saturated heterocycles. The van der Waals surface area contributed by atoms with Crippen LogP contribution in [0.4, 0.5) is 5.69 Å². The zero-order valence-electron chi connectivity index (χ0n) is 15.4. The average Bonchev–Trinajstić information content (AvgIpc) is 2.60. The van der Waals surface area contributed by atoms with E-state index in [1.54, 1.807) is 25.1 Å². The van der Waals surface area contributed by atoms with E-state index in [-0.39, 0.29) is 16.4 Å². The maximum absolute atomic E-state index is 13.1. The van der Waals surface area contributed by atoms with Gasteiger partial charge < -0.3 is 9.84 Å². The van der Waals surface area contributed by atoms with E-state index >= 15 is 0 Å². The number of hydrogen-bond donors (Lipinski definition) is 1. The summed E-state index contributed by atoms with van der Waals surface area (Å²) in [5, 5.41) is 8.85. The molecule has 1 N–H and O–H groups in total. The van der Waals surface area contributed by atoms with Crippen molar-refractivity contribution < 1.29 is 26.7 Å². The SMILES string of the molecule is Cc1cc(OCCCO)cc(N(C)S(=O)(=O)c2ccccc2S(C)(=O)=O)c1. The molecule has 0 amide bonds. The van der Waals surface area contributed by atoms with Gasteiger partial charge in [-0.25, -0.2) is 16.8 Å². The Hall–Kier alpha value is -2.10. The summed E-state index contributed by atoms with van der Waals surface area (Å²) in [5.41, 5.74) is 1.13. The van der Waals surface area contributed by atoms with Crippen molar-refractivity contribution in [3.05, 3.63) is 48.0 Å². The van der Waals surface area contributed by atoms with Crippen LogP contribution in [0.25, 0.3) is 0 Å². The summed E-state index contributed by atoms with van der Waals surface area (Å²) in [5.74, 6) is 0.469. The molecule has 0 aliphatic rings. The van der Waals surface area contributed by atoms with Gasteiger partial charge in [-0.1, -0.05) is 12.1 Å². The number of anilines is 1. The highest BCUT2D eigenvalue weighted by Crippen LogP contribution is 2.30. The monoisotopic (exact) mass is 413 g/mol. The summed E-state index contributed by atoms with van der Waals surface area (Å²) in [4.78, 5) is -0.525.